The number of aromatic nitrogens is 2. The SMILES string of the molecule is CC(=O)N(c1cccc(Cl)c1)c1nc(C=Cc2nc3cc([N+](=O)[O-])ccc3s2)cs1. The Morgan fingerprint density at radius 3 is 2.77 bits per heavy atom. The van der Waals surface area contributed by atoms with Gasteiger partial charge in [0, 0.05) is 29.5 Å². The largest absolute Gasteiger partial charge is 0.274 e. The first-order valence-electron chi connectivity index (χ1n) is 8.65. The van der Waals surface area contributed by atoms with E-state index in [1.54, 1.807) is 42.5 Å². The van der Waals surface area contributed by atoms with Crippen molar-refractivity contribution < 1.29 is 9.72 Å². The normalized spacial score (nSPS) is 11.3. The quantitative estimate of drug-likeness (QED) is 0.264. The molecular formula is C20H13ClN4O3S2. The molecule has 2 aromatic carbocycles. The third kappa shape index (κ3) is 4.23. The molecule has 0 saturated heterocycles. The maximum Gasteiger partial charge on any atom is 0.271 e. The summed E-state index contributed by atoms with van der Waals surface area (Å²) in [5.41, 5.74) is 1.91. The summed E-state index contributed by atoms with van der Waals surface area (Å²) in [4.78, 5) is 33.1. The van der Waals surface area contributed by atoms with Crippen molar-refractivity contribution in [1.29, 1.82) is 0 Å². The molecule has 0 aliphatic rings. The molecular weight excluding hydrogens is 444 g/mol. The van der Waals surface area contributed by atoms with Crippen molar-refractivity contribution in [1.82, 2.24) is 9.97 Å². The molecule has 0 aliphatic carbocycles. The fourth-order valence-electron chi connectivity index (χ4n) is 2.77. The number of carbonyl (C=O) groups excluding carboxylic acids is 1. The standard InChI is InChI=1S/C20H13ClN4O3S2/c1-12(26)24(15-4-2-3-13(21)9-15)20-22-14(11-29-20)5-8-19-23-17-10-16(25(27)28)6-7-18(17)30-19/h2-11H,1H3. The lowest BCUT2D eigenvalue weighted by Crippen LogP contribution is -2.22. The molecule has 0 aliphatic heterocycles. The van der Waals surface area contributed by atoms with Crippen LogP contribution in [0.4, 0.5) is 16.5 Å². The van der Waals surface area contributed by atoms with Crippen molar-refractivity contribution in [2.45, 2.75) is 6.92 Å². The van der Waals surface area contributed by atoms with E-state index >= 15 is 0 Å². The fraction of sp³-hybridized carbons (Fsp3) is 0.0500. The van der Waals surface area contributed by atoms with Gasteiger partial charge in [0.2, 0.25) is 5.91 Å². The number of nitro groups is 1. The van der Waals surface area contributed by atoms with Crippen molar-refractivity contribution in [3.05, 3.63) is 73.7 Å². The van der Waals surface area contributed by atoms with Gasteiger partial charge in [0.05, 0.1) is 26.5 Å². The van der Waals surface area contributed by atoms with Crippen LogP contribution in [0.25, 0.3) is 22.4 Å². The van der Waals surface area contributed by atoms with Gasteiger partial charge in [0.15, 0.2) is 5.13 Å². The van der Waals surface area contributed by atoms with Crippen LogP contribution in [0.15, 0.2) is 47.8 Å². The topological polar surface area (TPSA) is 89.2 Å². The Hall–Kier alpha value is -3.14. The molecule has 10 heteroatoms. The van der Waals surface area contributed by atoms with E-state index in [2.05, 4.69) is 9.97 Å². The second-order valence-electron chi connectivity index (χ2n) is 6.18. The van der Waals surface area contributed by atoms with Crippen LogP contribution in [0.5, 0.6) is 0 Å². The van der Waals surface area contributed by atoms with E-state index in [-0.39, 0.29) is 11.6 Å². The predicted octanol–water partition coefficient (Wildman–Crippen LogP) is 6.17. The lowest BCUT2D eigenvalue weighted by Gasteiger charge is -2.18. The molecule has 0 spiro atoms. The lowest BCUT2D eigenvalue weighted by atomic mass is 10.3. The maximum absolute atomic E-state index is 12.2. The van der Waals surface area contributed by atoms with Gasteiger partial charge in [-0.25, -0.2) is 9.97 Å². The molecule has 1 amide bonds. The number of halogens is 1. The Balaban J connectivity index is 1.59. The Kier molecular flexibility index (Phi) is 5.58. The number of rotatable bonds is 5. The van der Waals surface area contributed by atoms with E-state index in [4.69, 9.17) is 11.6 Å². The number of nitro benzene ring substituents is 1. The maximum atomic E-state index is 12.2. The molecule has 2 heterocycles. The molecule has 30 heavy (non-hydrogen) atoms. The summed E-state index contributed by atoms with van der Waals surface area (Å²) in [6, 6.07) is 11.6. The minimum atomic E-state index is -0.439. The summed E-state index contributed by atoms with van der Waals surface area (Å²) in [6.45, 7) is 1.47. The smallest absolute Gasteiger partial charge is 0.271 e. The highest BCUT2D eigenvalue weighted by atomic mass is 35.5. The molecule has 2 aromatic heterocycles. The number of benzene rings is 2. The highest BCUT2D eigenvalue weighted by molar-refractivity contribution is 7.19. The van der Waals surface area contributed by atoms with E-state index in [0.29, 0.717) is 32.1 Å². The zero-order valence-corrected chi connectivity index (χ0v) is 17.9. The Labute approximate surface area is 184 Å². The van der Waals surface area contributed by atoms with Gasteiger partial charge < -0.3 is 0 Å². The van der Waals surface area contributed by atoms with Crippen molar-refractivity contribution in [3.8, 4) is 0 Å². The van der Waals surface area contributed by atoms with Gasteiger partial charge >= 0.3 is 0 Å². The molecule has 4 aromatic rings. The van der Waals surface area contributed by atoms with E-state index in [1.165, 1.54) is 46.6 Å². The van der Waals surface area contributed by atoms with E-state index in [1.807, 2.05) is 5.38 Å². The molecule has 0 atom stereocenters. The van der Waals surface area contributed by atoms with Crippen molar-refractivity contribution in [2.75, 3.05) is 4.90 Å². The minimum Gasteiger partial charge on any atom is -0.274 e. The number of carbonyl (C=O) groups is 1. The van der Waals surface area contributed by atoms with Gasteiger partial charge in [0.25, 0.3) is 5.69 Å². The third-order valence-electron chi connectivity index (χ3n) is 4.08. The highest BCUT2D eigenvalue weighted by Crippen LogP contribution is 2.31. The number of hydrogen-bond donors (Lipinski definition) is 0. The Morgan fingerprint density at radius 2 is 2.03 bits per heavy atom. The first kappa shape index (κ1) is 20.1. The summed E-state index contributed by atoms with van der Waals surface area (Å²) in [5.74, 6) is -0.171. The number of thiazole rings is 2. The van der Waals surface area contributed by atoms with Crippen LogP contribution in [-0.4, -0.2) is 20.8 Å². The lowest BCUT2D eigenvalue weighted by molar-refractivity contribution is -0.384. The van der Waals surface area contributed by atoms with Crippen molar-refractivity contribution in [2.24, 2.45) is 0 Å². The molecule has 150 valence electrons. The van der Waals surface area contributed by atoms with Gasteiger partial charge in [-0.05, 0) is 36.4 Å². The molecule has 4 rings (SSSR count). The summed E-state index contributed by atoms with van der Waals surface area (Å²) in [6.07, 6.45) is 3.59. The number of nitrogens with zero attached hydrogens (tertiary/aromatic N) is 4. The van der Waals surface area contributed by atoms with Crippen LogP contribution in [0.3, 0.4) is 0 Å². The highest BCUT2D eigenvalue weighted by Gasteiger charge is 2.18. The van der Waals surface area contributed by atoms with Gasteiger partial charge in [-0.15, -0.1) is 22.7 Å². The van der Waals surface area contributed by atoms with Crippen molar-refractivity contribution in [3.63, 3.8) is 0 Å². The Morgan fingerprint density at radius 1 is 1.20 bits per heavy atom. The molecule has 0 fully saturated rings. The van der Waals surface area contributed by atoms with Crippen LogP contribution in [0, 0.1) is 10.1 Å². The van der Waals surface area contributed by atoms with Gasteiger partial charge in [0.1, 0.15) is 5.01 Å². The number of fused-ring (bicyclic) bond motifs is 1. The molecule has 7 nitrogen and oxygen atoms in total. The van der Waals surface area contributed by atoms with Crippen LogP contribution >= 0.6 is 34.3 Å². The second kappa shape index (κ2) is 8.31. The monoisotopic (exact) mass is 456 g/mol. The van der Waals surface area contributed by atoms with Gasteiger partial charge in [-0.2, -0.15) is 0 Å². The van der Waals surface area contributed by atoms with Crippen LogP contribution in [0.1, 0.15) is 17.6 Å². The minimum absolute atomic E-state index is 0.0119. The van der Waals surface area contributed by atoms with E-state index in [9.17, 15) is 14.9 Å². The number of non-ortho nitro benzene ring substituents is 1. The summed E-state index contributed by atoms with van der Waals surface area (Å²) in [7, 11) is 0. The van der Waals surface area contributed by atoms with Crippen molar-refractivity contribution >= 4 is 79.1 Å². The Bertz CT molecular complexity index is 1300. The van der Waals surface area contributed by atoms with Gasteiger partial charge in [-0.3, -0.25) is 19.8 Å². The summed E-state index contributed by atoms with van der Waals surface area (Å²) >= 11 is 8.82. The fourth-order valence-corrected chi connectivity index (χ4v) is 4.66. The number of anilines is 2. The van der Waals surface area contributed by atoms with Crippen LogP contribution in [0.2, 0.25) is 5.02 Å². The van der Waals surface area contributed by atoms with E-state index < -0.39 is 4.92 Å². The molecule has 0 radical (unpaired) electrons. The first-order valence-corrected chi connectivity index (χ1v) is 10.7. The molecule has 0 saturated carbocycles. The summed E-state index contributed by atoms with van der Waals surface area (Å²) < 4.78 is 0.864. The zero-order valence-electron chi connectivity index (χ0n) is 15.5. The average molecular weight is 457 g/mol. The number of amides is 1. The third-order valence-corrected chi connectivity index (χ3v) is 6.16. The van der Waals surface area contributed by atoms with Gasteiger partial charge in [-0.1, -0.05) is 17.7 Å². The zero-order chi connectivity index (χ0) is 21.3. The van der Waals surface area contributed by atoms with Crippen LogP contribution in [-0.2, 0) is 4.79 Å². The predicted molar refractivity (Wildman–Crippen MR) is 122 cm³/mol. The molecule has 0 unspecified atom stereocenters. The summed E-state index contributed by atoms with van der Waals surface area (Å²) in [5, 5.41) is 14.5. The first-order chi connectivity index (χ1) is 14.4. The number of hydrogen-bond acceptors (Lipinski definition) is 7. The average Bonchev–Trinajstić information content (AvgIpc) is 3.32. The van der Waals surface area contributed by atoms with Crippen LogP contribution < -0.4 is 4.90 Å². The van der Waals surface area contributed by atoms with E-state index in [0.717, 1.165) is 4.70 Å². The second-order valence-corrected chi connectivity index (χ2v) is 8.52. The molecule has 0 N–H and O–H groups in total. The molecule has 0 bridgehead atoms.